The molecule has 0 amide bonds. The Bertz CT molecular complexity index is 458. The van der Waals surface area contributed by atoms with Gasteiger partial charge in [0.2, 0.25) is 0 Å². The van der Waals surface area contributed by atoms with Crippen molar-refractivity contribution < 1.29 is 8.42 Å². The van der Waals surface area contributed by atoms with Crippen LogP contribution in [0, 0.1) is 0 Å². The smallest absolute Gasteiger partial charge is 0.260 e. The van der Waals surface area contributed by atoms with Crippen LogP contribution in [0.1, 0.15) is 6.42 Å². The van der Waals surface area contributed by atoms with Gasteiger partial charge in [-0.05, 0) is 12.5 Å². The Balaban J connectivity index is 0.00000128. The molecule has 1 saturated heterocycles. The molecule has 1 aliphatic rings. The Morgan fingerprint density at radius 1 is 1.56 bits per heavy atom. The van der Waals surface area contributed by atoms with Crippen LogP contribution in [-0.4, -0.2) is 41.6 Å². The van der Waals surface area contributed by atoms with E-state index in [4.69, 9.17) is 5.73 Å². The van der Waals surface area contributed by atoms with Crippen molar-refractivity contribution in [3.63, 3.8) is 0 Å². The molecule has 0 saturated carbocycles. The maximum atomic E-state index is 12.1. The summed E-state index contributed by atoms with van der Waals surface area (Å²) in [5.41, 5.74) is 5.68. The van der Waals surface area contributed by atoms with E-state index in [0.29, 0.717) is 13.1 Å². The molecule has 0 aromatic carbocycles. The van der Waals surface area contributed by atoms with E-state index >= 15 is 0 Å². The molecule has 1 atom stereocenters. The zero-order valence-corrected chi connectivity index (χ0v) is 10.5. The molecule has 92 valence electrons. The van der Waals surface area contributed by atoms with Crippen LogP contribution in [0.4, 0.5) is 0 Å². The maximum Gasteiger partial charge on any atom is 0.260 e. The van der Waals surface area contributed by atoms with Crippen molar-refractivity contribution in [1.82, 2.24) is 14.1 Å². The Hall–Kier alpha value is -0.630. The maximum absolute atomic E-state index is 12.1. The van der Waals surface area contributed by atoms with E-state index in [1.165, 1.54) is 21.3 Å². The van der Waals surface area contributed by atoms with Gasteiger partial charge in [-0.2, -0.15) is 9.40 Å². The summed E-state index contributed by atoms with van der Waals surface area (Å²) in [6.07, 6.45) is 2.19. The summed E-state index contributed by atoms with van der Waals surface area (Å²) < 4.78 is 26.9. The lowest BCUT2D eigenvalue weighted by Crippen LogP contribution is -2.33. The molecule has 2 rings (SSSR count). The Labute approximate surface area is 101 Å². The van der Waals surface area contributed by atoms with Gasteiger partial charge in [-0.15, -0.1) is 12.4 Å². The summed E-state index contributed by atoms with van der Waals surface area (Å²) in [5, 5.41) is 4.07. The molecular weight excluding hydrogens is 252 g/mol. The van der Waals surface area contributed by atoms with Crippen LogP contribution < -0.4 is 5.73 Å². The zero-order chi connectivity index (χ0) is 11.1. The van der Waals surface area contributed by atoms with Gasteiger partial charge in [0.1, 0.15) is 0 Å². The fourth-order valence-electron chi connectivity index (χ4n) is 1.72. The van der Waals surface area contributed by atoms with E-state index < -0.39 is 10.0 Å². The van der Waals surface area contributed by atoms with Crippen molar-refractivity contribution in [3.8, 4) is 0 Å². The van der Waals surface area contributed by atoms with Crippen LogP contribution in [0.3, 0.4) is 0 Å². The number of rotatable bonds is 2. The van der Waals surface area contributed by atoms with Crippen LogP contribution >= 0.6 is 12.4 Å². The molecule has 8 heteroatoms. The Kier molecular flexibility index (Phi) is 3.95. The molecule has 1 aromatic rings. The standard InChI is InChI=1S/C8H14N4O2S.ClH/c1-11-8(2-4-10-11)15(13,14)12-5-3-7(9)6-12;/h2,4,7H,3,5-6,9H2,1H3;1H. The molecule has 1 aliphatic heterocycles. The highest BCUT2D eigenvalue weighted by Crippen LogP contribution is 2.19. The second-order valence-corrected chi connectivity index (χ2v) is 5.59. The third-order valence-corrected chi connectivity index (χ3v) is 4.51. The average Bonchev–Trinajstić information content (AvgIpc) is 2.74. The molecule has 1 unspecified atom stereocenters. The highest BCUT2D eigenvalue weighted by atomic mass is 35.5. The molecule has 0 radical (unpaired) electrons. The van der Waals surface area contributed by atoms with Crippen LogP contribution in [0.25, 0.3) is 0 Å². The highest BCUT2D eigenvalue weighted by Gasteiger charge is 2.32. The first-order valence-electron chi connectivity index (χ1n) is 4.75. The summed E-state index contributed by atoms with van der Waals surface area (Å²) in [5.74, 6) is 0. The lowest BCUT2D eigenvalue weighted by atomic mass is 10.3. The summed E-state index contributed by atoms with van der Waals surface area (Å²) in [6, 6.07) is 1.45. The van der Waals surface area contributed by atoms with Crippen molar-refractivity contribution in [2.24, 2.45) is 12.8 Å². The number of hydrogen-bond donors (Lipinski definition) is 1. The number of aryl methyl sites for hydroxylation is 1. The van der Waals surface area contributed by atoms with E-state index in [-0.39, 0.29) is 23.5 Å². The van der Waals surface area contributed by atoms with Crippen LogP contribution in [0.5, 0.6) is 0 Å². The van der Waals surface area contributed by atoms with Gasteiger partial charge in [0, 0.05) is 26.2 Å². The fraction of sp³-hybridized carbons (Fsp3) is 0.625. The predicted octanol–water partition coefficient (Wildman–Crippen LogP) is -0.436. The van der Waals surface area contributed by atoms with Gasteiger partial charge in [0.15, 0.2) is 5.03 Å². The number of aromatic nitrogens is 2. The second-order valence-electron chi connectivity index (χ2n) is 3.70. The number of hydrogen-bond acceptors (Lipinski definition) is 4. The first kappa shape index (κ1) is 13.4. The quantitative estimate of drug-likeness (QED) is 0.787. The van der Waals surface area contributed by atoms with E-state index in [0.717, 1.165) is 6.42 Å². The van der Waals surface area contributed by atoms with Gasteiger partial charge in [0.25, 0.3) is 10.0 Å². The minimum Gasteiger partial charge on any atom is -0.326 e. The number of nitrogens with two attached hydrogens (primary N) is 1. The first-order chi connectivity index (χ1) is 7.01. The normalized spacial score (nSPS) is 22.0. The van der Waals surface area contributed by atoms with E-state index in [1.54, 1.807) is 7.05 Å². The monoisotopic (exact) mass is 266 g/mol. The Morgan fingerprint density at radius 3 is 2.69 bits per heavy atom. The third-order valence-electron chi connectivity index (χ3n) is 2.57. The molecule has 2 N–H and O–H groups in total. The third kappa shape index (κ3) is 2.22. The van der Waals surface area contributed by atoms with E-state index in [2.05, 4.69) is 5.10 Å². The van der Waals surface area contributed by atoms with Gasteiger partial charge >= 0.3 is 0 Å². The summed E-state index contributed by atoms with van der Waals surface area (Å²) in [7, 11) is -1.79. The van der Waals surface area contributed by atoms with Crippen molar-refractivity contribution in [1.29, 1.82) is 0 Å². The lowest BCUT2D eigenvalue weighted by molar-refractivity contribution is 0.462. The van der Waals surface area contributed by atoms with Crippen LogP contribution in [0.15, 0.2) is 17.3 Å². The van der Waals surface area contributed by atoms with E-state index in [1.807, 2.05) is 0 Å². The molecule has 0 aliphatic carbocycles. The predicted molar refractivity (Wildman–Crippen MR) is 61.8 cm³/mol. The van der Waals surface area contributed by atoms with Crippen LogP contribution in [0.2, 0.25) is 0 Å². The summed E-state index contributed by atoms with van der Waals surface area (Å²) >= 11 is 0. The van der Waals surface area contributed by atoms with Crippen molar-refractivity contribution in [2.75, 3.05) is 13.1 Å². The van der Waals surface area contributed by atoms with Crippen LogP contribution in [-0.2, 0) is 17.1 Å². The average molecular weight is 267 g/mol. The molecule has 16 heavy (non-hydrogen) atoms. The van der Waals surface area contributed by atoms with Crippen molar-refractivity contribution >= 4 is 22.4 Å². The molecule has 2 heterocycles. The molecular formula is C8H15ClN4O2S. The Morgan fingerprint density at radius 2 is 2.25 bits per heavy atom. The number of sulfonamides is 1. The minimum absolute atomic E-state index is 0. The molecule has 1 aromatic heterocycles. The molecule has 6 nitrogen and oxygen atoms in total. The van der Waals surface area contributed by atoms with Gasteiger partial charge in [-0.25, -0.2) is 8.42 Å². The topological polar surface area (TPSA) is 81.2 Å². The largest absolute Gasteiger partial charge is 0.326 e. The fourth-order valence-corrected chi connectivity index (χ4v) is 3.33. The van der Waals surface area contributed by atoms with E-state index in [9.17, 15) is 8.42 Å². The van der Waals surface area contributed by atoms with Gasteiger partial charge in [-0.1, -0.05) is 0 Å². The van der Waals surface area contributed by atoms with Crippen molar-refractivity contribution in [2.45, 2.75) is 17.5 Å². The summed E-state index contributed by atoms with van der Waals surface area (Å²) in [4.78, 5) is 0. The SMILES string of the molecule is Cl.Cn1nccc1S(=O)(=O)N1CCC(N)C1. The molecule has 0 bridgehead atoms. The van der Waals surface area contributed by atoms with Crippen molar-refractivity contribution in [3.05, 3.63) is 12.3 Å². The first-order valence-corrected chi connectivity index (χ1v) is 6.19. The number of nitrogens with zero attached hydrogens (tertiary/aromatic N) is 3. The second kappa shape index (κ2) is 4.70. The molecule has 0 spiro atoms. The minimum atomic E-state index is -3.41. The molecule has 1 fully saturated rings. The lowest BCUT2D eigenvalue weighted by Gasteiger charge is -2.15. The van der Waals surface area contributed by atoms with Gasteiger partial charge < -0.3 is 5.73 Å². The van der Waals surface area contributed by atoms with Gasteiger partial charge in [0.05, 0.1) is 6.20 Å². The summed E-state index contributed by atoms with van der Waals surface area (Å²) in [6.45, 7) is 0.891. The van der Waals surface area contributed by atoms with Gasteiger partial charge in [-0.3, -0.25) is 4.68 Å². The number of halogens is 1. The highest BCUT2D eigenvalue weighted by molar-refractivity contribution is 7.89. The zero-order valence-electron chi connectivity index (χ0n) is 8.91.